The van der Waals surface area contributed by atoms with E-state index in [4.69, 9.17) is 9.84 Å². The van der Waals surface area contributed by atoms with Gasteiger partial charge in [0.15, 0.2) is 0 Å². The van der Waals surface area contributed by atoms with Gasteiger partial charge < -0.3 is 14.7 Å². The van der Waals surface area contributed by atoms with E-state index in [2.05, 4.69) is 0 Å². The number of ether oxygens (including phenoxy) is 1. The van der Waals surface area contributed by atoms with Crippen molar-refractivity contribution >= 4 is 11.9 Å². The molecule has 0 atom stereocenters. The van der Waals surface area contributed by atoms with Crippen molar-refractivity contribution in [1.82, 2.24) is 4.90 Å². The first-order chi connectivity index (χ1) is 9.97. The van der Waals surface area contributed by atoms with Crippen molar-refractivity contribution in [2.45, 2.75) is 25.9 Å². The molecule has 0 spiro atoms. The number of carbonyl (C=O) groups excluding carboxylic acids is 1. The highest BCUT2D eigenvalue weighted by molar-refractivity contribution is 5.94. The number of nitrogens with zero attached hydrogens (tertiary/aromatic N) is 1. The predicted octanol–water partition coefficient (Wildman–Crippen LogP) is 1.84. The average molecular weight is 295 g/mol. The van der Waals surface area contributed by atoms with Gasteiger partial charge in [0.2, 0.25) is 0 Å². The smallest absolute Gasteiger partial charge is 0.329 e. The van der Waals surface area contributed by atoms with Crippen LogP contribution in [0.5, 0.6) is 0 Å². The standard InChI is InChI=1S/C15H18FNO4/c1-10-2-3-12(13(16)8-10)15(20)17-6-4-11(5-7-17)21-9-14(18)19/h2-3,8,11H,4-7,9H2,1H3,(H,18,19). The van der Waals surface area contributed by atoms with Crippen LogP contribution in [0.2, 0.25) is 0 Å². The van der Waals surface area contributed by atoms with Gasteiger partial charge in [0.25, 0.3) is 5.91 Å². The van der Waals surface area contributed by atoms with Crippen molar-refractivity contribution in [3.05, 3.63) is 35.1 Å². The summed E-state index contributed by atoms with van der Waals surface area (Å²) < 4.78 is 19.0. The first kappa shape index (κ1) is 15.4. The molecule has 1 heterocycles. The molecule has 2 rings (SSSR count). The Kier molecular flexibility index (Phi) is 4.90. The zero-order chi connectivity index (χ0) is 15.4. The summed E-state index contributed by atoms with van der Waals surface area (Å²) >= 11 is 0. The van der Waals surface area contributed by atoms with Gasteiger partial charge in [0.1, 0.15) is 12.4 Å². The highest BCUT2D eigenvalue weighted by atomic mass is 19.1. The maximum absolute atomic E-state index is 13.8. The molecule has 1 aromatic rings. The molecule has 1 aliphatic heterocycles. The summed E-state index contributed by atoms with van der Waals surface area (Å²) in [6, 6.07) is 4.55. The number of amides is 1. The molecule has 0 radical (unpaired) electrons. The van der Waals surface area contributed by atoms with Crippen molar-refractivity contribution in [2.24, 2.45) is 0 Å². The van der Waals surface area contributed by atoms with Crippen LogP contribution >= 0.6 is 0 Å². The van der Waals surface area contributed by atoms with Gasteiger partial charge in [-0.1, -0.05) is 6.07 Å². The van der Waals surface area contributed by atoms with E-state index < -0.39 is 11.8 Å². The van der Waals surface area contributed by atoms with Crippen LogP contribution in [-0.4, -0.2) is 47.7 Å². The molecule has 21 heavy (non-hydrogen) atoms. The fraction of sp³-hybridized carbons (Fsp3) is 0.467. The second-order valence-electron chi connectivity index (χ2n) is 5.18. The second kappa shape index (κ2) is 6.67. The third-order valence-corrected chi connectivity index (χ3v) is 3.53. The third-order valence-electron chi connectivity index (χ3n) is 3.53. The number of aliphatic carboxylic acids is 1. The lowest BCUT2D eigenvalue weighted by atomic mass is 10.1. The van der Waals surface area contributed by atoms with Gasteiger partial charge in [-0.2, -0.15) is 0 Å². The summed E-state index contributed by atoms with van der Waals surface area (Å²) in [5.74, 6) is -1.84. The summed E-state index contributed by atoms with van der Waals surface area (Å²) in [4.78, 5) is 24.3. The van der Waals surface area contributed by atoms with E-state index in [1.54, 1.807) is 17.9 Å². The minimum absolute atomic E-state index is 0.0745. The molecular formula is C15H18FNO4. The maximum atomic E-state index is 13.8. The number of carboxylic acid groups (broad SMARTS) is 1. The lowest BCUT2D eigenvalue weighted by molar-refractivity contribution is -0.145. The van der Waals surface area contributed by atoms with Crippen molar-refractivity contribution in [3.63, 3.8) is 0 Å². The molecule has 0 unspecified atom stereocenters. The van der Waals surface area contributed by atoms with Crippen molar-refractivity contribution in [3.8, 4) is 0 Å². The van der Waals surface area contributed by atoms with Crippen LogP contribution in [0.3, 0.4) is 0 Å². The minimum Gasteiger partial charge on any atom is -0.480 e. The second-order valence-corrected chi connectivity index (χ2v) is 5.18. The number of hydrogen-bond donors (Lipinski definition) is 1. The highest BCUT2D eigenvalue weighted by Crippen LogP contribution is 2.18. The molecule has 0 saturated carbocycles. The Morgan fingerprint density at radius 3 is 2.62 bits per heavy atom. The van der Waals surface area contributed by atoms with Crippen molar-refractivity contribution in [1.29, 1.82) is 0 Å². The average Bonchev–Trinajstić information content (AvgIpc) is 2.45. The van der Waals surface area contributed by atoms with Gasteiger partial charge in [0.05, 0.1) is 11.7 Å². The Morgan fingerprint density at radius 2 is 2.05 bits per heavy atom. The fourth-order valence-electron chi connectivity index (χ4n) is 2.38. The zero-order valence-electron chi connectivity index (χ0n) is 11.8. The largest absolute Gasteiger partial charge is 0.480 e. The Balaban J connectivity index is 1.92. The topological polar surface area (TPSA) is 66.8 Å². The van der Waals surface area contributed by atoms with Gasteiger partial charge in [-0.05, 0) is 37.5 Å². The Labute approximate surface area is 122 Å². The van der Waals surface area contributed by atoms with Gasteiger partial charge in [0, 0.05) is 13.1 Å². The first-order valence-electron chi connectivity index (χ1n) is 6.86. The van der Waals surface area contributed by atoms with Gasteiger partial charge in [-0.3, -0.25) is 4.79 Å². The summed E-state index contributed by atoms with van der Waals surface area (Å²) in [7, 11) is 0. The number of piperidine rings is 1. The van der Waals surface area contributed by atoms with Crippen molar-refractivity contribution in [2.75, 3.05) is 19.7 Å². The van der Waals surface area contributed by atoms with Crippen LogP contribution in [0, 0.1) is 12.7 Å². The molecule has 1 N–H and O–H groups in total. The fourth-order valence-corrected chi connectivity index (χ4v) is 2.38. The number of likely N-dealkylation sites (tertiary alicyclic amines) is 1. The van der Waals surface area contributed by atoms with Crippen molar-refractivity contribution < 1.29 is 23.8 Å². The quantitative estimate of drug-likeness (QED) is 0.920. The Hall–Kier alpha value is -1.95. The molecule has 1 fully saturated rings. The van der Waals surface area contributed by atoms with E-state index in [9.17, 15) is 14.0 Å². The van der Waals surface area contributed by atoms with Gasteiger partial charge >= 0.3 is 5.97 Å². The summed E-state index contributed by atoms with van der Waals surface area (Å²) in [6.07, 6.45) is 0.965. The number of carbonyl (C=O) groups is 2. The van der Waals surface area contributed by atoms with Gasteiger partial charge in [-0.25, -0.2) is 9.18 Å². The number of benzene rings is 1. The van der Waals surface area contributed by atoms with Crippen LogP contribution in [-0.2, 0) is 9.53 Å². The SMILES string of the molecule is Cc1ccc(C(=O)N2CCC(OCC(=O)O)CC2)c(F)c1. The molecule has 5 nitrogen and oxygen atoms in total. The van der Waals surface area contributed by atoms with E-state index in [0.29, 0.717) is 25.9 Å². The number of aryl methyl sites for hydroxylation is 1. The molecule has 0 bridgehead atoms. The van der Waals surface area contributed by atoms with Crippen LogP contribution in [0.25, 0.3) is 0 Å². The van der Waals surface area contributed by atoms with Crippen LogP contribution in [0.1, 0.15) is 28.8 Å². The molecule has 114 valence electrons. The molecule has 1 aliphatic rings. The van der Waals surface area contributed by atoms with E-state index in [1.807, 2.05) is 0 Å². The third kappa shape index (κ3) is 4.01. The minimum atomic E-state index is -1.00. The van der Waals surface area contributed by atoms with E-state index in [0.717, 1.165) is 5.56 Å². The highest BCUT2D eigenvalue weighted by Gasteiger charge is 2.25. The normalized spacial score (nSPS) is 16.0. The Bertz CT molecular complexity index is 538. The van der Waals surface area contributed by atoms with Gasteiger partial charge in [-0.15, -0.1) is 0 Å². The monoisotopic (exact) mass is 295 g/mol. The molecule has 1 aromatic carbocycles. The lowest BCUT2D eigenvalue weighted by Crippen LogP contribution is -2.41. The molecule has 6 heteroatoms. The van der Waals surface area contributed by atoms with E-state index >= 15 is 0 Å². The van der Waals surface area contributed by atoms with Crippen LogP contribution in [0.4, 0.5) is 4.39 Å². The molecule has 1 amide bonds. The number of hydrogen-bond acceptors (Lipinski definition) is 3. The molecular weight excluding hydrogens is 277 g/mol. The number of rotatable bonds is 4. The predicted molar refractivity (Wildman–Crippen MR) is 73.7 cm³/mol. The Morgan fingerprint density at radius 1 is 1.38 bits per heavy atom. The van der Waals surface area contributed by atoms with E-state index in [1.165, 1.54) is 12.1 Å². The lowest BCUT2D eigenvalue weighted by Gasteiger charge is -2.31. The number of halogens is 1. The first-order valence-corrected chi connectivity index (χ1v) is 6.86. The summed E-state index contributed by atoms with van der Waals surface area (Å²) in [5.41, 5.74) is 0.843. The molecule has 1 saturated heterocycles. The zero-order valence-corrected chi connectivity index (χ0v) is 11.8. The summed E-state index contributed by atoms with van der Waals surface area (Å²) in [5, 5.41) is 8.55. The molecule has 0 aromatic heterocycles. The maximum Gasteiger partial charge on any atom is 0.329 e. The summed E-state index contributed by atoms with van der Waals surface area (Å²) in [6.45, 7) is 2.32. The number of carboxylic acids is 1. The van der Waals surface area contributed by atoms with E-state index in [-0.39, 0.29) is 24.2 Å². The molecule has 0 aliphatic carbocycles. The van der Waals surface area contributed by atoms with Crippen LogP contribution < -0.4 is 0 Å². The van der Waals surface area contributed by atoms with Crippen LogP contribution in [0.15, 0.2) is 18.2 Å².